The van der Waals surface area contributed by atoms with Gasteiger partial charge in [-0.3, -0.25) is 0 Å². The molecule has 0 spiro atoms. The highest BCUT2D eigenvalue weighted by Gasteiger charge is 2.48. The van der Waals surface area contributed by atoms with Gasteiger partial charge < -0.3 is 23.5 Å². The van der Waals surface area contributed by atoms with Crippen LogP contribution in [0.4, 0.5) is 34.1 Å². The zero-order chi connectivity index (χ0) is 118. The number of nitrogens with zero attached hydrogens (tertiary/aromatic N) is 5. The summed E-state index contributed by atoms with van der Waals surface area (Å²) in [5.41, 5.74) is 2.94. The fourth-order valence-corrected chi connectivity index (χ4v) is 20.0. The molecule has 5 nitrogen and oxygen atoms in total. The average Bonchev–Trinajstić information content (AvgIpc) is 1.61. The quantitative estimate of drug-likeness (QED) is 0.134. The number of hydrogen-bond acceptors (Lipinski definition) is 2. The number of hydrogen-bond donors (Lipinski definition) is 0. The zero-order valence-corrected chi connectivity index (χ0v) is 84.6. The fourth-order valence-electron chi connectivity index (χ4n) is 20.0. The largest absolute Gasteiger partial charge is 0.310 e. The Bertz CT molecular complexity index is 9290. The van der Waals surface area contributed by atoms with E-state index in [9.17, 15) is 34.3 Å². The first kappa shape index (κ1) is 65.9. The third-order valence-electron chi connectivity index (χ3n) is 27.7. The van der Waals surface area contributed by atoms with Crippen molar-refractivity contribution in [2.75, 3.05) is 9.80 Å². The van der Waals surface area contributed by atoms with Crippen LogP contribution in [0.3, 0.4) is 0 Å². The van der Waals surface area contributed by atoms with E-state index in [1.807, 2.05) is 104 Å². The topological polar surface area (TPSA) is 21.3 Å². The predicted octanol–water partition coefficient (Wildman–Crippen LogP) is 34.7. The molecule has 0 radical (unpaired) electrons. The van der Waals surface area contributed by atoms with Gasteiger partial charge in [0.15, 0.2) is 0 Å². The molecule has 3 aromatic heterocycles. The minimum atomic E-state index is -1.33. The fraction of sp³-hybridized carbons (Fsp3) is 0.308. The summed E-state index contributed by atoms with van der Waals surface area (Å²) in [6, 6.07) is 32.9. The van der Waals surface area contributed by atoms with E-state index in [0.29, 0.717) is 50.1 Å². The van der Waals surface area contributed by atoms with Crippen LogP contribution in [0.25, 0.3) is 127 Å². The Kier molecular flexibility index (Phi) is 15.3. The van der Waals surface area contributed by atoms with Gasteiger partial charge in [-0.2, -0.15) is 0 Å². The van der Waals surface area contributed by atoms with Gasteiger partial charge in [0.05, 0.1) is 84.4 Å². The highest BCUT2D eigenvalue weighted by atomic mass is 15.2. The van der Waals surface area contributed by atoms with Crippen molar-refractivity contribution < 1.29 is 34.3 Å². The summed E-state index contributed by atoms with van der Waals surface area (Å²) in [5, 5.41) is 0.767. The lowest BCUT2D eigenvalue weighted by Crippen LogP contribution is -2.61. The molecule has 2 aliphatic rings. The van der Waals surface area contributed by atoms with Crippen molar-refractivity contribution in [1.82, 2.24) is 13.7 Å². The van der Waals surface area contributed by atoms with Crippen LogP contribution in [0.1, 0.15) is 298 Å². The molecule has 20 rings (SSSR count). The highest BCUT2D eigenvalue weighted by Crippen LogP contribution is 2.59. The summed E-state index contributed by atoms with van der Waals surface area (Å²) in [4.78, 5) is 3.96. The molecule has 0 amide bonds. The van der Waals surface area contributed by atoms with Crippen molar-refractivity contribution in [2.24, 2.45) is 0 Å². The van der Waals surface area contributed by atoms with Crippen LogP contribution in [0.2, 0.25) is 0 Å². The molecule has 0 aliphatic carbocycles. The van der Waals surface area contributed by atoms with Gasteiger partial charge in [0.25, 0.3) is 6.71 Å². The second-order valence-electron chi connectivity index (χ2n) is 48.1. The minimum absolute atomic E-state index is 0.00790. The van der Waals surface area contributed by atoms with E-state index in [4.69, 9.17) is 0 Å². The van der Waals surface area contributed by atoms with Crippen molar-refractivity contribution in [3.8, 4) is 61.6 Å². The highest BCUT2D eigenvalue weighted by molar-refractivity contribution is 7.00. The number of anilines is 6. The molecule has 136 heavy (non-hydrogen) atoms. The van der Waals surface area contributed by atoms with Crippen LogP contribution in [0.15, 0.2) is 291 Å². The molecule has 6 heteroatoms. The lowest BCUT2D eigenvalue weighted by molar-refractivity contribution is 0.569. The van der Waals surface area contributed by atoms with Crippen molar-refractivity contribution in [2.45, 2.75) is 262 Å². The van der Waals surface area contributed by atoms with Crippen LogP contribution in [-0.4, -0.2) is 20.4 Å². The van der Waals surface area contributed by atoms with Gasteiger partial charge in [-0.15, -0.1) is 0 Å². The van der Waals surface area contributed by atoms with E-state index in [1.54, 1.807) is 32.9 Å². The Labute approximate surface area is 845 Å². The molecule has 0 N–H and O–H groups in total. The summed E-state index contributed by atoms with van der Waals surface area (Å²) in [7, 11) is 0. The number of rotatable bonds is 9. The lowest BCUT2D eigenvalue weighted by atomic mass is 9.33. The normalized spacial score (nSPS) is 16.3. The van der Waals surface area contributed by atoms with Crippen LogP contribution >= 0.6 is 0 Å². The van der Waals surface area contributed by atoms with Gasteiger partial charge in [0.1, 0.15) is 0 Å². The molecule has 0 atom stereocenters. The molecule has 0 bridgehead atoms. The van der Waals surface area contributed by atoms with E-state index in [0.717, 1.165) is 60.8 Å². The minimum Gasteiger partial charge on any atom is -0.310 e. The molecule has 0 unspecified atom stereocenters. The van der Waals surface area contributed by atoms with Crippen molar-refractivity contribution in [3.05, 3.63) is 346 Å². The van der Waals surface area contributed by atoms with E-state index in [1.165, 1.54) is 9.13 Å². The Balaban J connectivity index is 1.15. The summed E-state index contributed by atoms with van der Waals surface area (Å²) < 4.78 is 266. The zero-order valence-electron chi connectivity index (χ0n) is 110. The predicted molar refractivity (Wildman–Crippen MR) is 592 cm³/mol. The molecule has 15 aromatic carbocycles. The third-order valence-corrected chi connectivity index (χ3v) is 27.7. The summed E-state index contributed by atoms with van der Waals surface area (Å²) in [6.45, 7) is 59.5. The number of aromatic nitrogens is 3. The Morgan fingerprint density at radius 1 is 0.213 bits per heavy atom. The summed E-state index contributed by atoms with van der Waals surface area (Å²) in [6.07, 6.45) is 0. The first-order valence-corrected chi connectivity index (χ1v) is 47.8. The molecule has 0 saturated heterocycles. The van der Waals surface area contributed by atoms with Gasteiger partial charge in [-0.25, -0.2) is 0 Å². The standard InChI is InChI=1S/C130H138BN5/c1-121(2,3)81-51-47-79(48-52-81)97-70-87(127(19,20)21)72-102(92-61-55-86(126(16,17)18)74-105(92)130(28,29)30)119(97)135-114-75-89(132-108-43-35-31-39-93(108)94-40-32-36-44-109(94)132)59-63-106(114)131-107-64-60-90(133-112-65-57-84(124(10,11)12)68-100(112)101-69-85(125(13,14)15)58-66-113(101)133)76-115(107)136(117-78-91(77-116(135)118(117)131)134-110-45-37-33-41-95(110)96-42-34-38-46-111(96)134)120-98(80-49-53-82(54-50-80)122(4,5)6)71-88(128(22,23)24)73-103(120)99-67-83(123(7,8)9)56-62-104(99)129(25,26)27/h31-78H,1-30H3/i31D,32D,33D,34D,35D,36D,37D,38D,39D,40D,41D,42D,43D,44D,45D,46D,49D,50D,53D,54D,56D,62D,67D,71D,73D. The van der Waals surface area contributed by atoms with Crippen molar-refractivity contribution >= 4 is 123 Å². The summed E-state index contributed by atoms with van der Waals surface area (Å²) >= 11 is 0. The van der Waals surface area contributed by atoms with E-state index < -0.39 is 182 Å². The maximum Gasteiger partial charge on any atom is 0.252 e. The van der Waals surface area contributed by atoms with Crippen LogP contribution in [0.5, 0.6) is 0 Å². The van der Waals surface area contributed by atoms with Gasteiger partial charge >= 0.3 is 0 Å². The maximum atomic E-state index is 12.1. The van der Waals surface area contributed by atoms with Gasteiger partial charge in [0, 0.05) is 88.7 Å². The molecule has 0 fully saturated rings. The maximum absolute atomic E-state index is 12.1. The molecule has 5 heterocycles. The average molecular weight is 1810 g/mol. The molecule has 686 valence electrons. The Morgan fingerprint density at radius 3 is 1.01 bits per heavy atom. The lowest BCUT2D eigenvalue weighted by Gasteiger charge is -2.46. The Hall–Kier alpha value is -12.6. The molecule has 0 saturated carbocycles. The SMILES string of the molecule is [2H]c1c([2H])c(C(C)(C)C)c([2H])c([2H])c1-c1c([2H])c(C(C)(C)C)c([2H])c(-c2c([2H])c(C(C)(C)C)c([2H])c([2H])c2C(C)(C)C)c1N1c2cc(-n3c4ccc(C(C)(C)C)cc4c4cc(C(C)(C)C)ccc43)ccc2B2c3ccc(-n4c5c([2H])c([2H])c([2H])c([2H])c5c5c([2H])c([2H])c([2H])c([2H])c54)cc3N(c3c(-c4ccc(C(C)(C)C)cc4)cc(C(C)(C)C)cc3-c3ccc(C(C)(C)C)cc3C(C)(C)C)c3cc(-n4c5c([2H])c([2H])c([2H])c([2H])c5c5c([2H])c([2H])c([2H])c([2H])c54)cc1c32. The first-order valence-electron chi connectivity index (χ1n) is 60.3. The third kappa shape index (κ3) is 15.4. The van der Waals surface area contributed by atoms with Gasteiger partial charge in [-0.1, -0.05) is 389 Å². The number of para-hydroxylation sites is 4. The Morgan fingerprint density at radius 2 is 0.574 bits per heavy atom. The first-order chi connectivity index (χ1) is 74.2. The monoisotopic (exact) mass is 1810 g/mol. The van der Waals surface area contributed by atoms with E-state index >= 15 is 0 Å². The molecule has 2 aliphatic heterocycles. The van der Waals surface area contributed by atoms with Gasteiger partial charge in [-0.05, 0) is 257 Å². The van der Waals surface area contributed by atoms with E-state index in [-0.39, 0.29) is 152 Å². The molecular weight excluding hydrogens is 1640 g/mol. The van der Waals surface area contributed by atoms with E-state index in [2.05, 4.69) is 225 Å². The van der Waals surface area contributed by atoms with Crippen LogP contribution in [0, 0.1) is 0 Å². The van der Waals surface area contributed by atoms with Crippen LogP contribution in [-0.2, 0) is 54.1 Å². The smallest absolute Gasteiger partial charge is 0.252 e. The van der Waals surface area contributed by atoms with Crippen LogP contribution < -0.4 is 26.2 Å². The van der Waals surface area contributed by atoms with Crippen molar-refractivity contribution in [3.63, 3.8) is 0 Å². The molecule has 18 aromatic rings. The molecular formula is C130H138BN5. The second kappa shape index (κ2) is 31.5. The number of benzene rings is 15. The second-order valence-corrected chi connectivity index (χ2v) is 48.1. The summed E-state index contributed by atoms with van der Waals surface area (Å²) in [5.74, 6) is 0. The van der Waals surface area contributed by atoms with Crippen molar-refractivity contribution in [1.29, 1.82) is 0 Å². The number of fused-ring (bicyclic) bond motifs is 13. The van der Waals surface area contributed by atoms with Gasteiger partial charge in [0.2, 0.25) is 0 Å².